The molecule has 0 aliphatic rings. The molecule has 0 saturated heterocycles. The van der Waals surface area contributed by atoms with E-state index in [2.05, 4.69) is 20.5 Å². The van der Waals surface area contributed by atoms with Crippen LogP contribution in [0.3, 0.4) is 0 Å². The number of ether oxygens (including phenoxy) is 2. The minimum absolute atomic E-state index is 0.0920. The van der Waals surface area contributed by atoms with Gasteiger partial charge in [-0.05, 0) is 13.0 Å². The maximum absolute atomic E-state index is 5.36. The monoisotopic (exact) mass is 262 g/mol. The molecule has 0 amide bonds. The second kappa shape index (κ2) is 6.19. The summed E-state index contributed by atoms with van der Waals surface area (Å²) in [5.41, 5.74) is 1.06. The first-order valence-corrected chi connectivity index (χ1v) is 6.04. The fourth-order valence-electron chi connectivity index (χ4n) is 1.78. The van der Waals surface area contributed by atoms with Crippen molar-refractivity contribution in [2.75, 3.05) is 14.2 Å². The summed E-state index contributed by atoms with van der Waals surface area (Å²) < 4.78 is 10.5. The minimum Gasteiger partial charge on any atom is -0.497 e. The predicted molar refractivity (Wildman–Crippen MR) is 71.2 cm³/mol. The fraction of sp³-hybridized carbons (Fsp3) is 0.385. The highest BCUT2D eigenvalue weighted by Crippen LogP contribution is 2.24. The molecule has 6 heteroatoms. The van der Waals surface area contributed by atoms with Crippen molar-refractivity contribution in [1.29, 1.82) is 0 Å². The van der Waals surface area contributed by atoms with Crippen molar-refractivity contribution in [1.82, 2.24) is 20.5 Å². The third-order valence-corrected chi connectivity index (χ3v) is 2.94. The van der Waals surface area contributed by atoms with Gasteiger partial charge < -0.3 is 14.8 Å². The lowest BCUT2D eigenvalue weighted by Crippen LogP contribution is -2.19. The molecule has 1 aromatic carbocycles. The van der Waals surface area contributed by atoms with Crippen LogP contribution in [-0.4, -0.2) is 29.4 Å². The van der Waals surface area contributed by atoms with Crippen LogP contribution in [0.15, 0.2) is 24.5 Å². The van der Waals surface area contributed by atoms with Gasteiger partial charge in [-0.15, -0.1) is 0 Å². The molecular weight excluding hydrogens is 244 g/mol. The summed E-state index contributed by atoms with van der Waals surface area (Å²) in [7, 11) is 3.29. The second-order valence-electron chi connectivity index (χ2n) is 4.15. The summed E-state index contributed by atoms with van der Waals surface area (Å²) >= 11 is 0. The van der Waals surface area contributed by atoms with Gasteiger partial charge in [-0.1, -0.05) is 6.07 Å². The number of hydrogen-bond acceptors (Lipinski definition) is 5. The number of nitrogens with zero attached hydrogens (tertiary/aromatic N) is 2. The van der Waals surface area contributed by atoms with Crippen LogP contribution in [0, 0.1) is 0 Å². The van der Waals surface area contributed by atoms with Crippen LogP contribution in [-0.2, 0) is 6.54 Å². The number of benzene rings is 1. The molecule has 0 spiro atoms. The molecule has 1 atom stereocenters. The van der Waals surface area contributed by atoms with Crippen molar-refractivity contribution < 1.29 is 9.47 Å². The van der Waals surface area contributed by atoms with E-state index >= 15 is 0 Å². The van der Waals surface area contributed by atoms with Gasteiger partial charge in [0.1, 0.15) is 23.7 Å². The average Bonchev–Trinajstić information content (AvgIpc) is 2.98. The largest absolute Gasteiger partial charge is 0.497 e. The first-order chi connectivity index (χ1) is 9.24. The fourth-order valence-corrected chi connectivity index (χ4v) is 1.78. The molecule has 1 heterocycles. The van der Waals surface area contributed by atoms with Crippen molar-refractivity contribution in [3.05, 3.63) is 35.9 Å². The number of H-pyrrole nitrogens is 1. The summed E-state index contributed by atoms with van der Waals surface area (Å²) in [4.78, 5) is 4.12. The van der Waals surface area contributed by atoms with Crippen molar-refractivity contribution in [2.45, 2.75) is 19.5 Å². The standard InChI is InChI=1S/C13H18N4O2/c1-9(13-15-8-16-17-13)14-7-10-4-5-11(18-2)6-12(10)19-3/h4-6,8-9,14H,7H2,1-3H3,(H,15,16,17). The Morgan fingerprint density at radius 3 is 2.79 bits per heavy atom. The van der Waals surface area contributed by atoms with Gasteiger partial charge in [-0.25, -0.2) is 4.98 Å². The first kappa shape index (κ1) is 13.4. The Labute approximate surface area is 112 Å². The van der Waals surface area contributed by atoms with Crippen molar-refractivity contribution in [2.24, 2.45) is 0 Å². The Morgan fingerprint density at radius 1 is 1.32 bits per heavy atom. The maximum atomic E-state index is 5.36. The van der Waals surface area contributed by atoms with E-state index in [1.165, 1.54) is 6.33 Å². The van der Waals surface area contributed by atoms with Gasteiger partial charge in [0.15, 0.2) is 0 Å². The van der Waals surface area contributed by atoms with E-state index < -0.39 is 0 Å². The van der Waals surface area contributed by atoms with Crippen molar-refractivity contribution >= 4 is 0 Å². The third-order valence-electron chi connectivity index (χ3n) is 2.94. The highest BCUT2D eigenvalue weighted by Gasteiger charge is 2.10. The van der Waals surface area contributed by atoms with Gasteiger partial charge in [-0.3, -0.25) is 5.10 Å². The van der Waals surface area contributed by atoms with Gasteiger partial charge in [-0.2, -0.15) is 5.10 Å². The van der Waals surface area contributed by atoms with Gasteiger partial charge in [0, 0.05) is 18.2 Å². The molecule has 2 rings (SSSR count). The molecule has 1 unspecified atom stereocenters. The lowest BCUT2D eigenvalue weighted by atomic mass is 10.1. The number of hydrogen-bond donors (Lipinski definition) is 2. The average molecular weight is 262 g/mol. The van der Waals surface area contributed by atoms with Crippen LogP contribution < -0.4 is 14.8 Å². The molecule has 19 heavy (non-hydrogen) atoms. The molecule has 1 aromatic heterocycles. The lowest BCUT2D eigenvalue weighted by molar-refractivity contribution is 0.388. The van der Waals surface area contributed by atoms with Gasteiger partial charge in [0.05, 0.1) is 20.3 Å². The van der Waals surface area contributed by atoms with Crippen LogP contribution in [0.5, 0.6) is 11.5 Å². The normalized spacial score (nSPS) is 12.2. The zero-order chi connectivity index (χ0) is 13.7. The van der Waals surface area contributed by atoms with Crippen molar-refractivity contribution in [3.63, 3.8) is 0 Å². The summed E-state index contributed by atoms with van der Waals surface area (Å²) in [6.07, 6.45) is 1.50. The molecule has 2 N–H and O–H groups in total. The van der Waals surface area contributed by atoms with Gasteiger partial charge >= 0.3 is 0 Å². The van der Waals surface area contributed by atoms with Crippen LogP contribution in [0.1, 0.15) is 24.4 Å². The molecule has 2 aromatic rings. The number of aromatic nitrogens is 3. The lowest BCUT2D eigenvalue weighted by Gasteiger charge is -2.14. The number of aromatic amines is 1. The smallest absolute Gasteiger partial charge is 0.141 e. The zero-order valence-electron chi connectivity index (χ0n) is 11.3. The maximum Gasteiger partial charge on any atom is 0.141 e. The molecule has 0 radical (unpaired) electrons. The van der Waals surface area contributed by atoms with Gasteiger partial charge in [0.25, 0.3) is 0 Å². The van der Waals surface area contributed by atoms with E-state index in [-0.39, 0.29) is 6.04 Å². The number of nitrogens with one attached hydrogen (secondary N) is 2. The van der Waals surface area contributed by atoms with E-state index in [9.17, 15) is 0 Å². The predicted octanol–water partition coefficient (Wildman–Crippen LogP) is 1.67. The Kier molecular flexibility index (Phi) is 4.35. The summed E-state index contributed by atoms with van der Waals surface area (Å²) in [6, 6.07) is 5.86. The topological polar surface area (TPSA) is 72.1 Å². The van der Waals surface area contributed by atoms with Crippen LogP contribution >= 0.6 is 0 Å². The van der Waals surface area contributed by atoms with E-state index in [4.69, 9.17) is 9.47 Å². The Balaban J connectivity index is 2.03. The van der Waals surface area contributed by atoms with Crippen LogP contribution in [0.4, 0.5) is 0 Å². The molecule has 6 nitrogen and oxygen atoms in total. The molecular formula is C13H18N4O2. The van der Waals surface area contributed by atoms with E-state index in [1.807, 2.05) is 25.1 Å². The molecule has 0 fully saturated rings. The third kappa shape index (κ3) is 3.23. The SMILES string of the molecule is COc1ccc(CNC(C)c2ncn[nH]2)c(OC)c1. The highest BCUT2D eigenvalue weighted by atomic mass is 16.5. The molecule has 102 valence electrons. The Hall–Kier alpha value is -2.08. The summed E-state index contributed by atoms with van der Waals surface area (Å²) in [5, 5.41) is 10.0. The van der Waals surface area contributed by atoms with Crippen molar-refractivity contribution in [3.8, 4) is 11.5 Å². The van der Waals surface area contributed by atoms with Crippen LogP contribution in [0.2, 0.25) is 0 Å². The molecule has 0 aliphatic carbocycles. The first-order valence-electron chi connectivity index (χ1n) is 6.04. The van der Waals surface area contributed by atoms with E-state index in [0.29, 0.717) is 6.54 Å². The summed E-state index contributed by atoms with van der Waals surface area (Å²) in [5.74, 6) is 2.40. The zero-order valence-corrected chi connectivity index (χ0v) is 11.3. The minimum atomic E-state index is 0.0920. The molecule has 0 aliphatic heterocycles. The van der Waals surface area contributed by atoms with E-state index in [0.717, 1.165) is 22.9 Å². The Morgan fingerprint density at radius 2 is 2.16 bits per heavy atom. The Bertz CT molecular complexity index is 513. The second-order valence-corrected chi connectivity index (χ2v) is 4.15. The number of methoxy groups -OCH3 is 2. The van der Waals surface area contributed by atoms with Gasteiger partial charge in [0.2, 0.25) is 0 Å². The highest BCUT2D eigenvalue weighted by molar-refractivity contribution is 5.40. The molecule has 0 bridgehead atoms. The number of rotatable bonds is 6. The molecule has 0 saturated carbocycles. The van der Waals surface area contributed by atoms with Crippen LogP contribution in [0.25, 0.3) is 0 Å². The van der Waals surface area contributed by atoms with E-state index in [1.54, 1.807) is 14.2 Å². The summed E-state index contributed by atoms with van der Waals surface area (Å²) in [6.45, 7) is 2.70. The quantitative estimate of drug-likeness (QED) is 0.828.